The number of esters is 2. The SMILES string of the molecule is CCCCC1OC(=O)C(CC(=O)OC)C1[Se]. The molecule has 0 saturated carbocycles. The van der Waals surface area contributed by atoms with E-state index in [1.54, 1.807) is 0 Å². The Balaban J connectivity index is 2.53. The van der Waals surface area contributed by atoms with Crippen molar-refractivity contribution in [3.8, 4) is 0 Å². The van der Waals surface area contributed by atoms with Crippen LogP contribution in [0.15, 0.2) is 0 Å². The number of ether oxygens (including phenoxy) is 2. The Morgan fingerprint density at radius 3 is 2.81 bits per heavy atom. The molecule has 0 aliphatic carbocycles. The van der Waals surface area contributed by atoms with Crippen molar-refractivity contribution in [3.05, 3.63) is 0 Å². The zero-order valence-electron chi connectivity index (χ0n) is 9.60. The molecule has 1 aliphatic heterocycles. The number of methoxy groups -OCH3 is 1. The van der Waals surface area contributed by atoms with Crippen molar-refractivity contribution in [1.82, 2.24) is 0 Å². The Kier molecular flexibility index (Phi) is 5.29. The van der Waals surface area contributed by atoms with Gasteiger partial charge in [-0.2, -0.15) is 0 Å². The summed E-state index contributed by atoms with van der Waals surface area (Å²) in [5.74, 6) is -1.03. The van der Waals surface area contributed by atoms with E-state index < -0.39 is 0 Å². The first-order chi connectivity index (χ1) is 7.60. The minimum absolute atomic E-state index is 0.0156. The molecule has 91 valence electrons. The van der Waals surface area contributed by atoms with Gasteiger partial charge in [-0.05, 0) is 0 Å². The second-order valence-electron chi connectivity index (χ2n) is 3.97. The van der Waals surface area contributed by atoms with Crippen molar-refractivity contribution >= 4 is 28.0 Å². The van der Waals surface area contributed by atoms with Crippen LogP contribution in [0.5, 0.6) is 0 Å². The summed E-state index contributed by atoms with van der Waals surface area (Å²) in [4.78, 5) is 22.7. The van der Waals surface area contributed by atoms with Gasteiger partial charge in [-0.15, -0.1) is 0 Å². The monoisotopic (exact) mass is 293 g/mol. The second kappa shape index (κ2) is 6.26. The van der Waals surface area contributed by atoms with Gasteiger partial charge in [0.25, 0.3) is 0 Å². The van der Waals surface area contributed by atoms with Crippen LogP contribution in [0.1, 0.15) is 32.6 Å². The summed E-state index contributed by atoms with van der Waals surface area (Å²) >= 11 is 2.95. The Hall–Kier alpha value is -0.541. The van der Waals surface area contributed by atoms with E-state index in [4.69, 9.17) is 4.74 Å². The van der Waals surface area contributed by atoms with E-state index in [9.17, 15) is 9.59 Å². The molecule has 1 fully saturated rings. The van der Waals surface area contributed by atoms with Gasteiger partial charge in [0.15, 0.2) is 0 Å². The fourth-order valence-electron chi connectivity index (χ4n) is 1.79. The molecular formula is C11H17O4Se. The third-order valence-corrected chi connectivity index (χ3v) is 4.12. The Morgan fingerprint density at radius 2 is 2.25 bits per heavy atom. The van der Waals surface area contributed by atoms with Crippen LogP contribution >= 0.6 is 0 Å². The number of hydrogen-bond donors (Lipinski definition) is 0. The topological polar surface area (TPSA) is 52.6 Å². The predicted octanol–water partition coefficient (Wildman–Crippen LogP) is 1.24. The van der Waals surface area contributed by atoms with Gasteiger partial charge >= 0.3 is 104 Å². The average molecular weight is 292 g/mol. The quantitative estimate of drug-likeness (QED) is 0.565. The van der Waals surface area contributed by atoms with Crippen molar-refractivity contribution in [2.45, 2.75) is 43.5 Å². The molecule has 0 amide bonds. The molecule has 3 atom stereocenters. The van der Waals surface area contributed by atoms with E-state index in [-0.39, 0.29) is 35.2 Å². The molecule has 5 heteroatoms. The molecule has 0 aromatic rings. The zero-order chi connectivity index (χ0) is 12.1. The number of rotatable bonds is 5. The van der Waals surface area contributed by atoms with E-state index in [0.717, 1.165) is 19.3 Å². The molecule has 0 aromatic heterocycles. The molecule has 3 unspecified atom stereocenters. The average Bonchev–Trinajstić information content (AvgIpc) is 2.53. The van der Waals surface area contributed by atoms with Gasteiger partial charge in [0.05, 0.1) is 0 Å². The van der Waals surface area contributed by atoms with Crippen LogP contribution in [0.3, 0.4) is 0 Å². The first-order valence-corrected chi connectivity index (χ1v) is 6.52. The van der Waals surface area contributed by atoms with Crippen LogP contribution < -0.4 is 0 Å². The summed E-state index contributed by atoms with van der Waals surface area (Å²) < 4.78 is 9.82. The standard InChI is InChI=1S/C11H17O4Se/c1-3-4-5-8-10(16)7(11(13)15-8)6-9(12)14-2/h7-8,10H,3-6H2,1-2H3. The summed E-state index contributed by atoms with van der Waals surface area (Å²) in [5.41, 5.74) is 0. The van der Waals surface area contributed by atoms with Crippen molar-refractivity contribution < 1.29 is 19.1 Å². The summed E-state index contributed by atoms with van der Waals surface area (Å²) in [5, 5.41) is 0. The summed E-state index contributed by atoms with van der Waals surface area (Å²) in [7, 11) is 1.32. The minimum atomic E-state index is -0.380. The number of unbranched alkanes of at least 4 members (excludes halogenated alkanes) is 1. The molecule has 0 aromatic carbocycles. The van der Waals surface area contributed by atoms with Crippen molar-refractivity contribution in [3.63, 3.8) is 0 Å². The first-order valence-electron chi connectivity index (χ1n) is 5.53. The van der Waals surface area contributed by atoms with E-state index in [0.29, 0.717) is 0 Å². The van der Waals surface area contributed by atoms with Gasteiger partial charge < -0.3 is 0 Å². The van der Waals surface area contributed by atoms with Crippen molar-refractivity contribution in [2.75, 3.05) is 7.11 Å². The molecule has 1 rings (SSSR count). The van der Waals surface area contributed by atoms with Gasteiger partial charge in [-0.1, -0.05) is 0 Å². The predicted molar refractivity (Wildman–Crippen MR) is 59.0 cm³/mol. The Morgan fingerprint density at radius 1 is 1.56 bits per heavy atom. The Labute approximate surface area is 104 Å². The molecule has 4 nitrogen and oxygen atoms in total. The second-order valence-corrected chi connectivity index (χ2v) is 5.11. The third-order valence-electron chi connectivity index (χ3n) is 2.79. The number of hydrogen-bond acceptors (Lipinski definition) is 4. The van der Waals surface area contributed by atoms with E-state index in [2.05, 4.69) is 27.7 Å². The van der Waals surface area contributed by atoms with Gasteiger partial charge in [0.1, 0.15) is 0 Å². The van der Waals surface area contributed by atoms with Crippen molar-refractivity contribution in [1.29, 1.82) is 0 Å². The van der Waals surface area contributed by atoms with Crippen LogP contribution in [0.2, 0.25) is 4.82 Å². The molecule has 16 heavy (non-hydrogen) atoms. The van der Waals surface area contributed by atoms with Gasteiger partial charge in [0, 0.05) is 0 Å². The van der Waals surface area contributed by atoms with E-state index >= 15 is 0 Å². The molecule has 1 saturated heterocycles. The zero-order valence-corrected chi connectivity index (χ0v) is 11.3. The van der Waals surface area contributed by atoms with Crippen LogP contribution in [0.25, 0.3) is 0 Å². The van der Waals surface area contributed by atoms with Crippen LogP contribution in [-0.2, 0) is 19.1 Å². The molecule has 1 heterocycles. The number of carbonyl (C=O) groups excluding carboxylic acids is 2. The first kappa shape index (κ1) is 13.5. The van der Waals surface area contributed by atoms with Gasteiger partial charge in [0.2, 0.25) is 0 Å². The normalized spacial score (nSPS) is 28.9. The van der Waals surface area contributed by atoms with E-state index in [1.165, 1.54) is 7.11 Å². The molecule has 0 spiro atoms. The molecule has 0 N–H and O–H groups in total. The van der Waals surface area contributed by atoms with E-state index in [1.807, 2.05) is 0 Å². The van der Waals surface area contributed by atoms with Gasteiger partial charge in [-0.3, -0.25) is 0 Å². The molecule has 0 bridgehead atoms. The van der Waals surface area contributed by atoms with Crippen LogP contribution in [0.4, 0.5) is 0 Å². The fourth-order valence-corrected chi connectivity index (χ4v) is 2.62. The van der Waals surface area contributed by atoms with Crippen LogP contribution in [0, 0.1) is 5.92 Å². The summed E-state index contributed by atoms with van der Waals surface area (Å²) in [6.07, 6.45) is 2.98. The van der Waals surface area contributed by atoms with Crippen LogP contribution in [-0.4, -0.2) is 41.2 Å². The molecule has 1 aliphatic rings. The Bertz CT molecular complexity index is 267. The molecule has 1 radical (unpaired) electrons. The summed E-state index contributed by atoms with van der Waals surface area (Å²) in [6.45, 7) is 2.09. The fraction of sp³-hybridized carbons (Fsp3) is 0.818. The number of cyclic esters (lactones) is 1. The number of carbonyl (C=O) groups is 2. The van der Waals surface area contributed by atoms with Gasteiger partial charge in [-0.25, -0.2) is 0 Å². The third kappa shape index (κ3) is 3.22. The maximum absolute atomic E-state index is 11.6. The van der Waals surface area contributed by atoms with Crippen molar-refractivity contribution in [2.24, 2.45) is 5.92 Å². The maximum atomic E-state index is 11.6. The summed E-state index contributed by atoms with van der Waals surface area (Å²) in [6, 6.07) is 0. The molecular weight excluding hydrogens is 275 g/mol.